The van der Waals surface area contributed by atoms with Crippen LogP contribution in [0.25, 0.3) is 0 Å². The van der Waals surface area contributed by atoms with E-state index in [2.05, 4.69) is 20.8 Å². The third-order valence-electron chi connectivity index (χ3n) is 5.80. The van der Waals surface area contributed by atoms with Gasteiger partial charge in [-0.05, 0) is 40.5 Å². The number of carbonyl (C=O) groups is 1. The molecule has 1 saturated carbocycles. The fourth-order valence-electron chi connectivity index (χ4n) is 3.94. The van der Waals surface area contributed by atoms with Gasteiger partial charge in [0, 0.05) is 26.7 Å². The average Bonchev–Trinajstić information content (AvgIpc) is 3.41. The first-order chi connectivity index (χ1) is 14.7. The zero-order valence-electron chi connectivity index (χ0n) is 19.6. The number of amides is 1. The van der Waals surface area contributed by atoms with Crippen molar-refractivity contribution in [3.63, 3.8) is 0 Å². The summed E-state index contributed by atoms with van der Waals surface area (Å²) in [5.41, 5.74) is -0.532. The van der Waals surface area contributed by atoms with Gasteiger partial charge in [-0.3, -0.25) is 0 Å². The molecule has 1 aromatic rings. The Labute approximate surface area is 184 Å². The van der Waals surface area contributed by atoms with Gasteiger partial charge >= 0.3 is 6.09 Å². The van der Waals surface area contributed by atoms with Crippen molar-refractivity contribution in [2.75, 3.05) is 20.2 Å². The van der Waals surface area contributed by atoms with Gasteiger partial charge in [0.2, 0.25) is 0 Å². The Morgan fingerprint density at radius 2 is 1.90 bits per heavy atom. The first kappa shape index (κ1) is 23.3. The van der Waals surface area contributed by atoms with Crippen molar-refractivity contribution in [2.45, 2.75) is 83.7 Å². The summed E-state index contributed by atoms with van der Waals surface area (Å²) in [5.74, 6) is 2.37. The standard InChI is InChI=1S/C21H37N7O3/c1-14-25-26-18(27(14)5)11-22-19(23-15-9-7-8-10-15)24-16-12-28(13-17(16)30-6)20(29)31-21(2,3)4/h15-17H,7-13H2,1-6H3,(H2,22,23,24)/t16?,17-/m0/s1. The van der Waals surface area contributed by atoms with Crippen LogP contribution in [-0.2, 0) is 23.1 Å². The van der Waals surface area contributed by atoms with Crippen LogP contribution < -0.4 is 10.6 Å². The molecule has 2 heterocycles. The predicted octanol–water partition coefficient (Wildman–Crippen LogP) is 1.74. The lowest BCUT2D eigenvalue weighted by Crippen LogP contribution is -2.51. The van der Waals surface area contributed by atoms with Crippen molar-refractivity contribution in [1.82, 2.24) is 30.3 Å². The molecule has 10 heteroatoms. The highest BCUT2D eigenvalue weighted by atomic mass is 16.6. The zero-order chi connectivity index (χ0) is 22.6. The van der Waals surface area contributed by atoms with Crippen LogP contribution >= 0.6 is 0 Å². The molecule has 10 nitrogen and oxygen atoms in total. The van der Waals surface area contributed by atoms with Gasteiger partial charge in [0.15, 0.2) is 11.8 Å². The Hall–Kier alpha value is -2.36. The Bertz CT molecular complexity index is 780. The number of hydrogen-bond donors (Lipinski definition) is 2. The van der Waals surface area contributed by atoms with E-state index in [0.717, 1.165) is 24.5 Å². The maximum atomic E-state index is 12.5. The van der Waals surface area contributed by atoms with Crippen LogP contribution in [0, 0.1) is 6.92 Å². The van der Waals surface area contributed by atoms with Crippen molar-refractivity contribution >= 4 is 12.1 Å². The minimum Gasteiger partial charge on any atom is -0.444 e. The largest absolute Gasteiger partial charge is 0.444 e. The third-order valence-corrected chi connectivity index (χ3v) is 5.80. The van der Waals surface area contributed by atoms with Crippen molar-refractivity contribution in [2.24, 2.45) is 12.0 Å². The molecule has 1 aliphatic heterocycles. The lowest BCUT2D eigenvalue weighted by molar-refractivity contribution is 0.0252. The molecular weight excluding hydrogens is 398 g/mol. The number of aromatic nitrogens is 3. The number of nitrogens with one attached hydrogen (secondary N) is 2. The molecular formula is C21H37N7O3. The summed E-state index contributed by atoms with van der Waals surface area (Å²) in [7, 11) is 3.61. The topological polar surface area (TPSA) is 106 Å². The van der Waals surface area contributed by atoms with Crippen LogP contribution in [0.1, 0.15) is 58.1 Å². The van der Waals surface area contributed by atoms with Gasteiger partial charge in [0.25, 0.3) is 0 Å². The van der Waals surface area contributed by atoms with Crippen LogP contribution in [0.3, 0.4) is 0 Å². The average molecular weight is 436 g/mol. The highest BCUT2D eigenvalue weighted by Crippen LogP contribution is 2.19. The fraction of sp³-hybridized carbons (Fsp3) is 0.810. The Morgan fingerprint density at radius 1 is 1.19 bits per heavy atom. The number of nitrogens with zero attached hydrogens (tertiary/aromatic N) is 5. The van der Waals surface area contributed by atoms with E-state index in [9.17, 15) is 4.79 Å². The van der Waals surface area contributed by atoms with Crippen LogP contribution in [0.5, 0.6) is 0 Å². The van der Waals surface area contributed by atoms with Gasteiger partial charge in [0.1, 0.15) is 18.0 Å². The Morgan fingerprint density at radius 3 is 2.48 bits per heavy atom. The van der Waals surface area contributed by atoms with Gasteiger partial charge in [0.05, 0.1) is 18.7 Å². The SMILES string of the molecule is CO[C@H]1CN(C(=O)OC(C)(C)C)CC1NC(=NCc1nnc(C)n1C)NC1CCCC1. The molecule has 2 aliphatic rings. The number of guanidine groups is 1. The second kappa shape index (κ2) is 9.84. The number of methoxy groups -OCH3 is 1. The van der Waals surface area contributed by atoms with Gasteiger partial charge < -0.3 is 29.6 Å². The highest BCUT2D eigenvalue weighted by molar-refractivity contribution is 5.80. The van der Waals surface area contributed by atoms with E-state index in [4.69, 9.17) is 14.5 Å². The first-order valence-corrected chi connectivity index (χ1v) is 11.1. The predicted molar refractivity (Wildman–Crippen MR) is 118 cm³/mol. The van der Waals surface area contributed by atoms with E-state index < -0.39 is 5.60 Å². The number of carbonyl (C=O) groups excluding carboxylic acids is 1. The lowest BCUT2D eigenvalue weighted by atomic mass is 10.2. The number of likely N-dealkylation sites (tertiary alicyclic amines) is 1. The fourth-order valence-corrected chi connectivity index (χ4v) is 3.94. The second-order valence-electron chi connectivity index (χ2n) is 9.42. The number of aryl methyl sites for hydroxylation is 1. The molecule has 174 valence electrons. The van der Waals surface area contributed by atoms with Gasteiger partial charge in [-0.15, -0.1) is 10.2 Å². The van der Waals surface area contributed by atoms with E-state index in [1.165, 1.54) is 12.8 Å². The molecule has 3 rings (SSSR count). The monoisotopic (exact) mass is 435 g/mol. The summed E-state index contributed by atoms with van der Waals surface area (Å²) >= 11 is 0. The van der Waals surface area contributed by atoms with Crippen LogP contribution in [0.15, 0.2) is 4.99 Å². The highest BCUT2D eigenvalue weighted by Gasteiger charge is 2.38. The normalized spacial score (nSPS) is 22.8. The molecule has 0 bridgehead atoms. The van der Waals surface area contributed by atoms with E-state index in [0.29, 0.717) is 31.6 Å². The lowest BCUT2D eigenvalue weighted by Gasteiger charge is -2.25. The van der Waals surface area contributed by atoms with E-state index in [1.807, 2.05) is 39.3 Å². The number of rotatable bonds is 5. The molecule has 31 heavy (non-hydrogen) atoms. The van der Waals surface area contributed by atoms with E-state index >= 15 is 0 Å². The molecule has 1 unspecified atom stereocenters. The molecule has 0 spiro atoms. The maximum Gasteiger partial charge on any atom is 0.410 e. The number of aliphatic imine (C=N–C) groups is 1. The Kier molecular flexibility index (Phi) is 7.40. The smallest absolute Gasteiger partial charge is 0.410 e. The van der Waals surface area contributed by atoms with Crippen molar-refractivity contribution in [1.29, 1.82) is 0 Å². The summed E-state index contributed by atoms with van der Waals surface area (Å²) in [6.45, 7) is 8.91. The molecule has 0 radical (unpaired) electrons. The summed E-state index contributed by atoms with van der Waals surface area (Å²) in [4.78, 5) is 19.0. The molecule has 1 aliphatic carbocycles. The number of hydrogen-bond acceptors (Lipinski definition) is 6. The molecule has 2 fully saturated rings. The Balaban J connectivity index is 1.70. The number of ether oxygens (including phenoxy) is 2. The van der Waals surface area contributed by atoms with Crippen LogP contribution in [0.4, 0.5) is 4.79 Å². The van der Waals surface area contributed by atoms with E-state index in [-0.39, 0.29) is 18.2 Å². The summed E-state index contributed by atoms with van der Waals surface area (Å²) in [5, 5.41) is 15.4. The summed E-state index contributed by atoms with van der Waals surface area (Å²) in [6.07, 6.45) is 4.24. The molecule has 2 N–H and O–H groups in total. The van der Waals surface area contributed by atoms with Gasteiger partial charge in [-0.2, -0.15) is 0 Å². The minimum absolute atomic E-state index is 0.0913. The summed E-state index contributed by atoms with van der Waals surface area (Å²) < 4.78 is 13.1. The maximum absolute atomic E-state index is 12.5. The molecule has 1 amide bonds. The molecule has 1 aromatic heterocycles. The zero-order valence-corrected chi connectivity index (χ0v) is 19.6. The van der Waals surface area contributed by atoms with E-state index in [1.54, 1.807) is 12.0 Å². The van der Waals surface area contributed by atoms with Crippen LogP contribution in [-0.4, -0.2) is 75.7 Å². The third kappa shape index (κ3) is 6.32. The van der Waals surface area contributed by atoms with Crippen molar-refractivity contribution < 1.29 is 14.3 Å². The van der Waals surface area contributed by atoms with Gasteiger partial charge in [-0.1, -0.05) is 12.8 Å². The van der Waals surface area contributed by atoms with Gasteiger partial charge in [-0.25, -0.2) is 9.79 Å². The summed E-state index contributed by atoms with van der Waals surface area (Å²) in [6, 6.07) is 0.309. The molecule has 0 aromatic carbocycles. The minimum atomic E-state index is -0.532. The molecule has 1 saturated heterocycles. The first-order valence-electron chi connectivity index (χ1n) is 11.1. The van der Waals surface area contributed by atoms with Crippen molar-refractivity contribution in [3.8, 4) is 0 Å². The second-order valence-corrected chi connectivity index (χ2v) is 9.42. The quantitative estimate of drug-likeness (QED) is 0.536. The molecule has 2 atom stereocenters. The van der Waals surface area contributed by atoms with Crippen molar-refractivity contribution in [3.05, 3.63) is 11.6 Å². The van der Waals surface area contributed by atoms with Crippen LogP contribution in [0.2, 0.25) is 0 Å².